The molecule has 2 aromatic rings. The SMILES string of the molecule is CC(C)c1ccc(CN(C)C(=O)c2ncn[nH]2)cc1. The summed E-state index contributed by atoms with van der Waals surface area (Å²) in [7, 11) is 1.75. The quantitative estimate of drug-likeness (QED) is 0.914. The number of nitrogens with one attached hydrogen (secondary N) is 1. The third kappa shape index (κ3) is 3.19. The minimum Gasteiger partial charge on any atom is -0.335 e. The van der Waals surface area contributed by atoms with E-state index in [1.807, 2.05) is 0 Å². The van der Waals surface area contributed by atoms with Crippen LogP contribution in [0.25, 0.3) is 0 Å². The number of carbonyl (C=O) groups excluding carboxylic acids is 1. The zero-order valence-corrected chi connectivity index (χ0v) is 11.4. The minimum absolute atomic E-state index is 0.162. The number of H-pyrrole nitrogens is 1. The summed E-state index contributed by atoms with van der Waals surface area (Å²) in [5.41, 5.74) is 2.40. The smallest absolute Gasteiger partial charge is 0.291 e. The number of amides is 1. The van der Waals surface area contributed by atoms with Gasteiger partial charge in [-0.15, -0.1) is 0 Å². The lowest BCUT2D eigenvalue weighted by Crippen LogP contribution is -2.27. The fourth-order valence-corrected chi connectivity index (χ4v) is 1.84. The standard InChI is InChI=1S/C14H18N4O/c1-10(2)12-6-4-11(5-7-12)8-18(3)14(19)13-15-9-16-17-13/h4-7,9-10H,8H2,1-3H3,(H,15,16,17). The van der Waals surface area contributed by atoms with Crippen molar-refractivity contribution in [1.29, 1.82) is 0 Å². The molecule has 19 heavy (non-hydrogen) atoms. The summed E-state index contributed by atoms with van der Waals surface area (Å²) in [6, 6.07) is 8.32. The number of nitrogens with zero attached hydrogens (tertiary/aromatic N) is 3. The van der Waals surface area contributed by atoms with E-state index in [9.17, 15) is 4.79 Å². The Morgan fingerprint density at radius 1 is 1.32 bits per heavy atom. The molecule has 0 radical (unpaired) electrons. The Morgan fingerprint density at radius 2 is 2.00 bits per heavy atom. The number of aromatic amines is 1. The molecule has 0 aliphatic rings. The lowest BCUT2D eigenvalue weighted by atomic mass is 10.0. The number of rotatable bonds is 4. The molecule has 0 atom stereocenters. The molecule has 100 valence electrons. The van der Waals surface area contributed by atoms with E-state index in [1.165, 1.54) is 11.9 Å². The summed E-state index contributed by atoms with van der Waals surface area (Å²) in [6.07, 6.45) is 1.33. The number of hydrogen-bond acceptors (Lipinski definition) is 3. The van der Waals surface area contributed by atoms with E-state index in [2.05, 4.69) is 53.3 Å². The van der Waals surface area contributed by atoms with Crippen molar-refractivity contribution in [3.05, 3.63) is 47.5 Å². The first-order chi connectivity index (χ1) is 9.08. The first-order valence-corrected chi connectivity index (χ1v) is 6.27. The van der Waals surface area contributed by atoms with Crippen LogP contribution in [0.5, 0.6) is 0 Å². The van der Waals surface area contributed by atoms with Crippen LogP contribution >= 0.6 is 0 Å². The summed E-state index contributed by atoms with van der Waals surface area (Å²) >= 11 is 0. The van der Waals surface area contributed by atoms with Crippen LogP contribution in [-0.4, -0.2) is 33.0 Å². The number of benzene rings is 1. The Bertz CT molecular complexity index is 531. The summed E-state index contributed by atoms with van der Waals surface area (Å²) in [4.78, 5) is 17.5. The van der Waals surface area contributed by atoms with E-state index in [0.29, 0.717) is 12.5 Å². The molecule has 0 fully saturated rings. The molecule has 0 spiro atoms. The molecule has 0 saturated carbocycles. The van der Waals surface area contributed by atoms with Crippen molar-refractivity contribution in [1.82, 2.24) is 20.1 Å². The third-order valence-electron chi connectivity index (χ3n) is 3.03. The molecule has 0 bridgehead atoms. The average molecular weight is 258 g/mol. The third-order valence-corrected chi connectivity index (χ3v) is 3.03. The van der Waals surface area contributed by atoms with Gasteiger partial charge in [-0.1, -0.05) is 38.1 Å². The van der Waals surface area contributed by atoms with E-state index in [0.717, 1.165) is 5.56 Å². The van der Waals surface area contributed by atoms with E-state index >= 15 is 0 Å². The summed E-state index contributed by atoms with van der Waals surface area (Å²) in [5, 5.41) is 6.26. The van der Waals surface area contributed by atoms with E-state index < -0.39 is 0 Å². The highest BCUT2D eigenvalue weighted by Crippen LogP contribution is 2.15. The van der Waals surface area contributed by atoms with Gasteiger partial charge in [0, 0.05) is 13.6 Å². The van der Waals surface area contributed by atoms with Crippen molar-refractivity contribution in [3.8, 4) is 0 Å². The Morgan fingerprint density at radius 3 is 2.53 bits per heavy atom. The van der Waals surface area contributed by atoms with Gasteiger partial charge >= 0.3 is 0 Å². The second kappa shape index (κ2) is 5.65. The molecular formula is C14H18N4O. The summed E-state index contributed by atoms with van der Waals surface area (Å²) < 4.78 is 0. The lowest BCUT2D eigenvalue weighted by Gasteiger charge is -2.16. The van der Waals surface area contributed by atoms with Gasteiger partial charge in [0.15, 0.2) is 0 Å². The largest absolute Gasteiger partial charge is 0.335 e. The fourth-order valence-electron chi connectivity index (χ4n) is 1.84. The highest BCUT2D eigenvalue weighted by molar-refractivity contribution is 5.90. The monoisotopic (exact) mass is 258 g/mol. The maximum absolute atomic E-state index is 12.0. The maximum atomic E-state index is 12.0. The van der Waals surface area contributed by atoms with Gasteiger partial charge in [-0.3, -0.25) is 9.89 Å². The van der Waals surface area contributed by atoms with Crippen LogP contribution in [0, 0.1) is 0 Å². The number of aromatic nitrogens is 3. The van der Waals surface area contributed by atoms with Crippen molar-refractivity contribution in [3.63, 3.8) is 0 Å². The molecule has 0 saturated heterocycles. The van der Waals surface area contributed by atoms with Crippen molar-refractivity contribution in [2.45, 2.75) is 26.3 Å². The van der Waals surface area contributed by atoms with Crippen molar-refractivity contribution < 1.29 is 4.79 Å². The molecule has 1 heterocycles. The van der Waals surface area contributed by atoms with Crippen LogP contribution in [0.4, 0.5) is 0 Å². The number of carbonyl (C=O) groups is 1. The molecule has 0 aliphatic heterocycles. The van der Waals surface area contributed by atoms with Gasteiger partial charge in [-0.05, 0) is 17.0 Å². The second-order valence-electron chi connectivity index (χ2n) is 4.89. The number of hydrogen-bond donors (Lipinski definition) is 1. The Kier molecular flexibility index (Phi) is 3.94. The molecule has 5 heteroatoms. The summed E-state index contributed by atoms with van der Waals surface area (Å²) in [5.74, 6) is 0.620. The van der Waals surface area contributed by atoms with Crippen LogP contribution in [0.1, 0.15) is 41.5 Å². The molecule has 1 aromatic carbocycles. The molecular weight excluding hydrogens is 240 g/mol. The first-order valence-electron chi connectivity index (χ1n) is 6.27. The van der Waals surface area contributed by atoms with Crippen molar-refractivity contribution in [2.75, 3.05) is 7.05 Å². The zero-order chi connectivity index (χ0) is 13.8. The predicted molar refractivity (Wildman–Crippen MR) is 72.7 cm³/mol. The van der Waals surface area contributed by atoms with Gasteiger partial charge in [0.05, 0.1) is 0 Å². The normalized spacial score (nSPS) is 10.7. The predicted octanol–water partition coefficient (Wildman–Crippen LogP) is 2.20. The van der Waals surface area contributed by atoms with E-state index in [-0.39, 0.29) is 11.7 Å². The molecule has 1 aromatic heterocycles. The topological polar surface area (TPSA) is 61.9 Å². The van der Waals surface area contributed by atoms with E-state index in [1.54, 1.807) is 11.9 Å². The van der Waals surface area contributed by atoms with Crippen LogP contribution < -0.4 is 0 Å². The fraction of sp³-hybridized carbons (Fsp3) is 0.357. The highest BCUT2D eigenvalue weighted by atomic mass is 16.2. The zero-order valence-electron chi connectivity index (χ0n) is 11.4. The van der Waals surface area contributed by atoms with Crippen LogP contribution in [0.2, 0.25) is 0 Å². The molecule has 0 aliphatic carbocycles. The Hall–Kier alpha value is -2.17. The minimum atomic E-state index is -0.162. The summed E-state index contributed by atoms with van der Waals surface area (Å²) in [6.45, 7) is 4.88. The van der Waals surface area contributed by atoms with Crippen LogP contribution in [0.3, 0.4) is 0 Å². The molecule has 1 amide bonds. The maximum Gasteiger partial charge on any atom is 0.291 e. The van der Waals surface area contributed by atoms with Crippen LogP contribution in [0.15, 0.2) is 30.6 Å². The Balaban J connectivity index is 2.02. The van der Waals surface area contributed by atoms with Gasteiger partial charge in [-0.25, -0.2) is 4.98 Å². The van der Waals surface area contributed by atoms with Crippen LogP contribution in [-0.2, 0) is 6.54 Å². The van der Waals surface area contributed by atoms with Gasteiger partial charge in [0.25, 0.3) is 5.91 Å². The van der Waals surface area contributed by atoms with Crippen molar-refractivity contribution in [2.24, 2.45) is 0 Å². The molecule has 1 N–H and O–H groups in total. The first kappa shape index (κ1) is 13.3. The van der Waals surface area contributed by atoms with Gasteiger partial charge < -0.3 is 4.90 Å². The lowest BCUT2D eigenvalue weighted by molar-refractivity contribution is 0.0773. The Labute approximate surface area is 112 Å². The van der Waals surface area contributed by atoms with E-state index in [4.69, 9.17) is 0 Å². The average Bonchev–Trinajstić information content (AvgIpc) is 2.92. The van der Waals surface area contributed by atoms with Gasteiger partial charge in [0.1, 0.15) is 6.33 Å². The second-order valence-corrected chi connectivity index (χ2v) is 4.89. The molecule has 0 unspecified atom stereocenters. The molecule has 2 rings (SSSR count). The molecule has 5 nitrogen and oxygen atoms in total. The van der Waals surface area contributed by atoms with Gasteiger partial charge in [-0.2, -0.15) is 5.10 Å². The van der Waals surface area contributed by atoms with Crippen molar-refractivity contribution >= 4 is 5.91 Å². The van der Waals surface area contributed by atoms with Gasteiger partial charge in [0.2, 0.25) is 5.82 Å². The highest BCUT2D eigenvalue weighted by Gasteiger charge is 2.14.